The molecule has 0 aliphatic carbocycles. The van der Waals surface area contributed by atoms with Crippen LogP contribution in [0.4, 0.5) is 43.9 Å². The van der Waals surface area contributed by atoms with Gasteiger partial charge in [0, 0.05) is 10.4 Å². The summed E-state index contributed by atoms with van der Waals surface area (Å²) in [5, 5.41) is 16.4. The van der Waals surface area contributed by atoms with Gasteiger partial charge in [0.1, 0.15) is 0 Å². The first kappa shape index (κ1) is 27.3. The van der Waals surface area contributed by atoms with Crippen molar-refractivity contribution in [2.45, 2.75) is 0 Å². The van der Waals surface area contributed by atoms with Crippen LogP contribution in [0.3, 0.4) is 0 Å². The Morgan fingerprint density at radius 2 is 0.737 bits per heavy atom. The molecule has 3 rings (SSSR count). The largest absolute Gasteiger partial charge is 0.269 e. The highest BCUT2D eigenvalue weighted by molar-refractivity contribution is 5.82. The highest BCUT2D eigenvalue weighted by Crippen LogP contribution is 2.33. The lowest BCUT2D eigenvalue weighted by atomic mass is 9.92. The molecule has 4 nitrogen and oxygen atoms in total. The highest BCUT2D eigenvalue weighted by Gasteiger charge is 2.30. The Morgan fingerprint density at radius 3 is 0.947 bits per heavy atom. The van der Waals surface area contributed by atoms with Crippen LogP contribution in [0.1, 0.15) is 0 Å². The highest BCUT2D eigenvalue weighted by atomic mass is 19.2. The Morgan fingerprint density at radius 1 is 0.500 bits per heavy atom. The molecule has 0 amide bonds. The maximum absolute atomic E-state index is 14.7. The van der Waals surface area contributed by atoms with Crippen LogP contribution in [-0.2, 0) is 0 Å². The van der Waals surface area contributed by atoms with Crippen LogP contribution in [0.15, 0.2) is 12.1 Å². The average Bonchev–Trinajstić information content (AvgIpc) is 2.91. The Bertz CT molecular complexity index is 1640. The number of nitrogens with zero attached hydrogens (tertiary/aromatic N) is 4. The molecule has 0 N–H and O–H groups in total. The molecule has 0 radical (unpaired) electrons. The summed E-state index contributed by atoms with van der Waals surface area (Å²) < 4.78 is 142. The first-order valence-electron chi connectivity index (χ1n) is 9.39. The molecule has 38 heavy (non-hydrogen) atoms. The molecular weight excluding hydrogens is 534 g/mol. The minimum atomic E-state index is -2.59. The molecule has 0 heterocycles. The number of halogens is 10. The molecule has 0 spiro atoms. The van der Waals surface area contributed by atoms with E-state index in [4.69, 9.17) is 13.1 Å². The van der Waals surface area contributed by atoms with Crippen molar-refractivity contribution in [2.75, 3.05) is 0 Å². The third-order valence-corrected chi connectivity index (χ3v) is 5.06. The lowest BCUT2D eigenvalue weighted by Crippen LogP contribution is -2.22. The van der Waals surface area contributed by atoms with Gasteiger partial charge in [-0.25, -0.2) is 64.1 Å². The summed E-state index contributed by atoms with van der Waals surface area (Å²) >= 11 is 0. The van der Waals surface area contributed by atoms with Crippen LogP contribution in [-0.4, -0.2) is 0 Å². The lowest BCUT2D eigenvalue weighted by molar-refractivity contribution is 0.381. The molecule has 0 atom stereocenters. The summed E-state index contributed by atoms with van der Waals surface area (Å²) in [6, 6.07) is 2.90. The number of hydrogen-bond acceptors (Lipinski definition) is 2. The molecule has 188 valence electrons. The van der Waals surface area contributed by atoms with Crippen molar-refractivity contribution in [3.8, 4) is 34.4 Å². The van der Waals surface area contributed by atoms with Crippen molar-refractivity contribution in [3.63, 3.8) is 0 Å². The third kappa shape index (κ3) is 3.95. The first-order chi connectivity index (χ1) is 17.9. The van der Waals surface area contributed by atoms with E-state index in [0.717, 1.165) is 0 Å². The fourth-order valence-electron chi connectivity index (χ4n) is 3.38. The molecule has 0 saturated carbocycles. The van der Waals surface area contributed by atoms with E-state index in [-0.39, 0.29) is 12.1 Å². The van der Waals surface area contributed by atoms with Gasteiger partial charge in [-0.05, 0) is 11.1 Å². The van der Waals surface area contributed by atoms with Crippen molar-refractivity contribution < 1.29 is 43.9 Å². The van der Waals surface area contributed by atoms with Crippen LogP contribution >= 0.6 is 0 Å². The van der Waals surface area contributed by atoms with Gasteiger partial charge >= 0.3 is 0 Å². The maximum Gasteiger partial charge on any atom is 0.269 e. The molecule has 3 aromatic rings. The maximum atomic E-state index is 14.7. The molecule has 14 heteroatoms. The van der Waals surface area contributed by atoms with E-state index in [9.17, 15) is 54.4 Å². The van der Waals surface area contributed by atoms with E-state index >= 15 is 0 Å². The monoisotopic (exact) mass is 536 g/mol. The molecule has 0 aliphatic rings. The summed E-state index contributed by atoms with van der Waals surface area (Å²) in [6.45, 7) is 14.2. The molecule has 3 aromatic carbocycles. The summed E-state index contributed by atoms with van der Waals surface area (Å²) in [7, 11) is 0. The Labute approximate surface area is 204 Å². The third-order valence-electron chi connectivity index (χ3n) is 5.06. The van der Waals surface area contributed by atoms with Crippen LogP contribution < -0.4 is 10.4 Å². The van der Waals surface area contributed by atoms with Gasteiger partial charge in [-0.2, -0.15) is 0 Å². The van der Waals surface area contributed by atoms with Gasteiger partial charge in [-0.15, -0.1) is 0 Å². The second-order valence-corrected chi connectivity index (χ2v) is 6.98. The van der Waals surface area contributed by atoms with E-state index < -0.39 is 102 Å². The van der Waals surface area contributed by atoms with Gasteiger partial charge in [0.15, 0.2) is 46.5 Å². The molecule has 0 fully saturated rings. The van der Waals surface area contributed by atoms with Crippen molar-refractivity contribution in [3.05, 3.63) is 104 Å². The zero-order valence-corrected chi connectivity index (χ0v) is 17.7. The molecule has 0 saturated heterocycles. The fourth-order valence-corrected chi connectivity index (χ4v) is 3.38. The Balaban J connectivity index is 2.83. The number of hydrogen-bond donors (Lipinski definition) is 0. The summed E-state index contributed by atoms with van der Waals surface area (Å²) in [5.74, 6) is -25.1. The number of benzene rings is 3. The zero-order valence-electron chi connectivity index (χ0n) is 17.7. The minimum absolute atomic E-state index is 0.250. The van der Waals surface area contributed by atoms with Crippen LogP contribution in [0.5, 0.6) is 0 Å². The van der Waals surface area contributed by atoms with Gasteiger partial charge in [0.2, 0.25) is 11.6 Å². The predicted octanol–water partition coefficient (Wildman–Crippen LogP) is 5.51. The normalized spacial score (nSPS) is 12.2. The SMILES string of the molecule is [C-]#[N+]C(C#N)=c1cc(-c2c(F)c(F)c(F)c(F)c2F)c(=C(C#N)[N+]#[C-])cc1-c1c(F)c(F)c(F)c(F)c1F. The second-order valence-electron chi connectivity index (χ2n) is 6.98. The molecule has 0 unspecified atom stereocenters. The summed E-state index contributed by atoms with van der Waals surface area (Å²) in [5.41, 5.74) is -8.35. The van der Waals surface area contributed by atoms with E-state index in [1.165, 1.54) is 12.1 Å². The second kappa shape index (κ2) is 9.96. The van der Waals surface area contributed by atoms with E-state index in [1.54, 1.807) is 0 Å². The van der Waals surface area contributed by atoms with Gasteiger partial charge in [0.25, 0.3) is 11.4 Å². The minimum Gasteiger partial charge on any atom is -0.226 e. The van der Waals surface area contributed by atoms with Gasteiger partial charge in [-0.1, -0.05) is 12.1 Å². The molecular formula is C24H2F10N4. The lowest BCUT2D eigenvalue weighted by Gasteiger charge is -2.14. The van der Waals surface area contributed by atoms with Crippen LogP contribution in [0.2, 0.25) is 0 Å². The quantitative estimate of drug-likeness (QED) is 0.188. The summed E-state index contributed by atoms with van der Waals surface area (Å²) in [6.07, 6.45) is 0. The van der Waals surface area contributed by atoms with Gasteiger partial charge < -0.3 is 0 Å². The smallest absolute Gasteiger partial charge is 0.226 e. The van der Waals surface area contributed by atoms with Gasteiger partial charge in [0.05, 0.1) is 36.4 Å². The first-order valence-corrected chi connectivity index (χ1v) is 9.39. The fraction of sp³-hybridized carbons (Fsp3) is 0. The van der Waals surface area contributed by atoms with Crippen LogP contribution in [0.25, 0.3) is 43.3 Å². The topological polar surface area (TPSA) is 56.3 Å². The van der Waals surface area contributed by atoms with E-state index in [1.807, 2.05) is 0 Å². The zero-order chi connectivity index (χ0) is 28.6. The average molecular weight is 536 g/mol. The van der Waals surface area contributed by atoms with Gasteiger partial charge in [-0.3, -0.25) is 0 Å². The molecule has 0 bridgehead atoms. The van der Waals surface area contributed by atoms with Crippen molar-refractivity contribution in [1.29, 1.82) is 10.5 Å². The van der Waals surface area contributed by atoms with E-state index in [2.05, 4.69) is 9.69 Å². The van der Waals surface area contributed by atoms with Crippen molar-refractivity contribution in [1.82, 2.24) is 0 Å². The number of nitriles is 2. The van der Waals surface area contributed by atoms with Crippen LogP contribution in [0, 0.1) is 94.0 Å². The van der Waals surface area contributed by atoms with Crippen molar-refractivity contribution in [2.24, 2.45) is 0 Å². The standard InChI is InChI=1S/C24H2F10N4/c1-37-11(5-35)7-3-10(14-17(27)21(31)24(34)22(32)18(14)28)8(12(6-36)38-2)4-9(7)13-15(25)19(29)23(33)20(30)16(13)26/h3-4H. The Kier molecular flexibility index (Phi) is 7.14. The van der Waals surface area contributed by atoms with E-state index in [0.29, 0.717) is 0 Å². The molecule has 0 aromatic heterocycles. The molecule has 0 aliphatic heterocycles. The Hall–Kier alpha value is -5.34. The predicted molar refractivity (Wildman–Crippen MR) is 107 cm³/mol. The summed E-state index contributed by atoms with van der Waals surface area (Å²) in [4.78, 5) is 5.40. The number of rotatable bonds is 2. The van der Waals surface area contributed by atoms with Crippen molar-refractivity contribution >= 4 is 11.4 Å².